The van der Waals surface area contributed by atoms with Crippen LogP contribution in [0, 0.1) is 0 Å². The van der Waals surface area contributed by atoms with E-state index in [1.807, 2.05) is 4.90 Å². The molecular formula is C20H32N2O. The minimum Gasteiger partial charge on any atom is -0.338 e. The van der Waals surface area contributed by atoms with E-state index in [0.29, 0.717) is 12.5 Å². The first-order chi connectivity index (χ1) is 10.6. The first-order valence-electron chi connectivity index (χ1n) is 8.72. The second-order valence-electron chi connectivity index (χ2n) is 8.59. The molecule has 0 aromatic heterocycles. The lowest BCUT2D eigenvalue weighted by Gasteiger charge is -2.49. The molecule has 0 unspecified atom stereocenters. The van der Waals surface area contributed by atoms with Crippen molar-refractivity contribution >= 4 is 6.41 Å². The van der Waals surface area contributed by atoms with Crippen LogP contribution in [0.3, 0.4) is 0 Å². The number of nitrogens with zero attached hydrogens (tertiary/aromatic N) is 1. The summed E-state index contributed by atoms with van der Waals surface area (Å²) in [5.41, 5.74) is 2.70. The van der Waals surface area contributed by atoms with E-state index in [0.717, 1.165) is 19.3 Å². The van der Waals surface area contributed by atoms with Crippen LogP contribution in [0.25, 0.3) is 0 Å². The van der Waals surface area contributed by atoms with Crippen LogP contribution in [0.4, 0.5) is 0 Å². The van der Waals surface area contributed by atoms with Gasteiger partial charge < -0.3 is 10.2 Å². The number of benzene rings is 1. The van der Waals surface area contributed by atoms with Crippen LogP contribution < -0.4 is 5.32 Å². The molecule has 0 radical (unpaired) electrons. The summed E-state index contributed by atoms with van der Waals surface area (Å²) in [4.78, 5) is 13.8. The summed E-state index contributed by atoms with van der Waals surface area (Å²) in [5, 5.41) is 3.69. The van der Waals surface area contributed by atoms with Crippen molar-refractivity contribution in [1.29, 1.82) is 0 Å². The third kappa shape index (κ3) is 4.57. The Balaban J connectivity index is 2.22. The van der Waals surface area contributed by atoms with Crippen LogP contribution >= 0.6 is 0 Å². The van der Waals surface area contributed by atoms with Gasteiger partial charge in [0.25, 0.3) is 0 Å². The van der Waals surface area contributed by atoms with Crippen molar-refractivity contribution in [2.45, 2.75) is 84.0 Å². The fourth-order valence-electron chi connectivity index (χ4n) is 4.19. The molecule has 0 aliphatic carbocycles. The van der Waals surface area contributed by atoms with Crippen molar-refractivity contribution in [1.82, 2.24) is 10.2 Å². The van der Waals surface area contributed by atoms with Gasteiger partial charge in [-0.15, -0.1) is 0 Å². The van der Waals surface area contributed by atoms with E-state index < -0.39 is 0 Å². The maximum Gasteiger partial charge on any atom is 0.210 e. The van der Waals surface area contributed by atoms with Crippen LogP contribution in [0.2, 0.25) is 0 Å². The SMILES string of the molecule is CC(C)c1ccccc1CN(C=O)C1CC(C)(C)NC(C)(C)C1. The molecule has 0 spiro atoms. The molecule has 3 nitrogen and oxygen atoms in total. The normalized spacial score (nSPS) is 20.5. The first-order valence-corrected chi connectivity index (χ1v) is 8.72. The second kappa shape index (κ2) is 6.64. The third-order valence-corrected chi connectivity index (χ3v) is 4.80. The Bertz CT molecular complexity index is 532. The number of carbonyl (C=O) groups excluding carboxylic acids is 1. The fraction of sp³-hybridized carbons (Fsp3) is 0.650. The highest BCUT2D eigenvalue weighted by atomic mass is 16.1. The van der Waals surface area contributed by atoms with Crippen LogP contribution in [0.1, 0.15) is 71.4 Å². The van der Waals surface area contributed by atoms with Crippen LogP contribution in [-0.4, -0.2) is 28.4 Å². The van der Waals surface area contributed by atoms with Crippen LogP contribution in [0.15, 0.2) is 24.3 Å². The fourth-order valence-corrected chi connectivity index (χ4v) is 4.19. The molecule has 1 N–H and O–H groups in total. The average Bonchev–Trinajstić information content (AvgIpc) is 2.41. The quantitative estimate of drug-likeness (QED) is 0.830. The largest absolute Gasteiger partial charge is 0.338 e. The van der Waals surface area contributed by atoms with Gasteiger partial charge in [-0.25, -0.2) is 0 Å². The molecule has 1 fully saturated rings. The topological polar surface area (TPSA) is 32.3 Å². The molecule has 0 saturated carbocycles. The van der Waals surface area contributed by atoms with Gasteiger partial charge in [0.15, 0.2) is 0 Å². The maximum absolute atomic E-state index is 11.8. The summed E-state index contributed by atoms with van der Waals surface area (Å²) in [6.45, 7) is 14.0. The Morgan fingerprint density at radius 1 is 1.17 bits per heavy atom. The summed E-state index contributed by atoms with van der Waals surface area (Å²) >= 11 is 0. The third-order valence-electron chi connectivity index (χ3n) is 4.80. The van der Waals surface area contributed by atoms with Gasteiger partial charge in [0, 0.05) is 23.7 Å². The molecule has 1 aromatic carbocycles. The van der Waals surface area contributed by atoms with E-state index in [4.69, 9.17) is 0 Å². The molecule has 3 heteroatoms. The van der Waals surface area contributed by atoms with Gasteiger partial charge in [-0.3, -0.25) is 4.79 Å². The van der Waals surface area contributed by atoms with Crippen molar-refractivity contribution < 1.29 is 4.79 Å². The van der Waals surface area contributed by atoms with Crippen molar-refractivity contribution in [3.05, 3.63) is 35.4 Å². The number of carbonyl (C=O) groups is 1. The molecule has 1 aliphatic heterocycles. The number of rotatable bonds is 5. The van der Waals surface area contributed by atoms with E-state index >= 15 is 0 Å². The number of hydrogen-bond donors (Lipinski definition) is 1. The van der Waals surface area contributed by atoms with Gasteiger partial charge in [-0.05, 0) is 57.6 Å². The molecule has 1 amide bonds. The Morgan fingerprint density at radius 3 is 2.26 bits per heavy atom. The summed E-state index contributed by atoms with van der Waals surface area (Å²) in [5.74, 6) is 0.473. The predicted molar refractivity (Wildman–Crippen MR) is 96.5 cm³/mol. The number of piperidine rings is 1. The number of nitrogens with one attached hydrogen (secondary N) is 1. The van der Waals surface area contributed by atoms with E-state index in [9.17, 15) is 4.79 Å². The second-order valence-corrected chi connectivity index (χ2v) is 8.59. The van der Waals surface area contributed by atoms with Crippen molar-refractivity contribution in [3.63, 3.8) is 0 Å². The summed E-state index contributed by atoms with van der Waals surface area (Å²) in [6, 6.07) is 8.77. The van der Waals surface area contributed by atoms with Gasteiger partial charge in [-0.2, -0.15) is 0 Å². The molecule has 1 saturated heterocycles. The van der Waals surface area contributed by atoms with Crippen LogP contribution in [-0.2, 0) is 11.3 Å². The van der Waals surface area contributed by atoms with Crippen molar-refractivity contribution in [2.24, 2.45) is 0 Å². The highest BCUT2D eigenvalue weighted by Crippen LogP contribution is 2.32. The summed E-state index contributed by atoms with van der Waals surface area (Å²) < 4.78 is 0. The summed E-state index contributed by atoms with van der Waals surface area (Å²) in [7, 11) is 0. The Labute approximate surface area is 141 Å². The Morgan fingerprint density at radius 2 is 1.74 bits per heavy atom. The van der Waals surface area contributed by atoms with E-state index in [2.05, 4.69) is 71.1 Å². The highest BCUT2D eigenvalue weighted by molar-refractivity contribution is 5.49. The van der Waals surface area contributed by atoms with E-state index in [1.165, 1.54) is 11.1 Å². The zero-order valence-electron chi connectivity index (χ0n) is 15.5. The average molecular weight is 316 g/mol. The Hall–Kier alpha value is -1.35. The molecule has 2 rings (SSSR count). The van der Waals surface area contributed by atoms with Gasteiger partial charge in [0.05, 0.1) is 0 Å². The first kappa shape index (κ1) is 18.0. The Kier molecular flexibility index (Phi) is 5.20. The number of hydrogen-bond acceptors (Lipinski definition) is 2. The lowest BCUT2D eigenvalue weighted by atomic mass is 9.79. The minimum absolute atomic E-state index is 0.0469. The molecule has 1 aromatic rings. The zero-order chi connectivity index (χ0) is 17.3. The molecule has 1 aliphatic rings. The van der Waals surface area contributed by atoms with E-state index in [1.54, 1.807) is 0 Å². The van der Waals surface area contributed by atoms with Crippen molar-refractivity contribution in [2.75, 3.05) is 0 Å². The standard InChI is InChI=1S/C20H32N2O/c1-15(2)18-10-8-7-9-16(18)13-22(14-23)17-11-19(3,4)21-20(5,6)12-17/h7-10,14-15,17,21H,11-13H2,1-6H3. The molecule has 0 bridgehead atoms. The highest BCUT2D eigenvalue weighted by Gasteiger charge is 2.39. The molecular weight excluding hydrogens is 284 g/mol. The zero-order valence-corrected chi connectivity index (χ0v) is 15.5. The van der Waals surface area contributed by atoms with Gasteiger partial charge in [0.1, 0.15) is 0 Å². The maximum atomic E-state index is 11.8. The van der Waals surface area contributed by atoms with Crippen LogP contribution in [0.5, 0.6) is 0 Å². The van der Waals surface area contributed by atoms with Gasteiger partial charge in [-0.1, -0.05) is 38.1 Å². The summed E-state index contributed by atoms with van der Waals surface area (Å²) in [6.07, 6.45) is 3.01. The van der Waals surface area contributed by atoms with E-state index in [-0.39, 0.29) is 17.1 Å². The number of amides is 1. The lowest BCUT2D eigenvalue weighted by molar-refractivity contribution is -0.122. The molecule has 0 atom stereocenters. The molecule has 23 heavy (non-hydrogen) atoms. The molecule has 128 valence electrons. The van der Waals surface area contributed by atoms with Gasteiger partial charge >= 0.3 is 0 Å². The van der Waals surface area contributed by atoms with Crippen molar-refractivity contribution in [3.8, 4) is 0 Å². The smallest absolute Gasteiger partial charge is 0.210 e. The molecule has 1 heterocycles. The predicted octanol–water partition coefficient (Wildman–Crippen LogP) is 4.08. The lowest BCUT2D eigenvalue weighted by Crippen LogP contribution is -2.62. The van der Waals surface area contributed by atoms with Gasteiger partial charge in [0.2, 0.25) is 6.41 Å². The monoisotopic (exact) mass is 316 g/mol. The minimum atomic E-state index is 0.0469.